The zero-order valence-electron chi connectivity index (χ0n) is 12.6. The summed E-state index contributed by atoms with van der Waals surface area (Å²) in [6.07, 6.45) is 8.63. The maximum Gasteiger partial charge on any atom is 0.239 e. The lowest BCUT2D eigenvalue weighted by atomic mass is 10.1. The van der Waals surface area contributed by atoms with Crippen LogP contribution in [-0.4, -0.2) is 22.1 Å². The maximum atomic E-state index is 11.9. The number of aliphatic hydroxyl groups excluding tert-OH is 1. The molecule has 0 aliphatic heterocycles. The normalized spacial score (nSPS) is 18.7. The summed E-state index contributed by atoms with van der Waals surface area (Å²) in [5, 5.41) is 13.0. The molecule has 0 radical (unpaired) electrons. The first-order valence-corrected chi connectivity index (χ1v) is 7.69. The van der Waals surface area contributed by atoms with Crippen molar-refractivity contribution in [3.05, 3.63) is 23.5 Å². The Morgan fingerprint density at radius 3 is 3.00 bits per heavy atom. The first kappa shape index (κ1) is 15.1. The number of nitrogens with one attached hydrogen (secondary N) is 1. The lowest BCUT2D eigenvalue weighted by Gasteiger charge is -2.08. The van der Waals surface area contributed by atoms with E-state index < -0.39 is 0 Å². The number of fused-ring (bicyclic) bond motifs is 1. The quantitative estimate of drug-likeness (QED) is 0.813. The lowest BCUT2D eigenvalue weighted by molar-refractivity contribution is -0.121. The highest BCUT2D eigenvalue weighted by Crippen LogP contribution is 2.29. The number of aromatic nitrogens is 1. The van der Waals surface area contributed by atoms with Crippen molar-refractivity contribution in [2.45, 2.75) is 58.6 Å². The molecule has 0 fully saturated rings. The summed E-state index contributed by atoms with van der Waals surface area (Å²) < 4.78 is 1.91. The van der Waals surface area contributed by atoms with E-state index in [4.69, 9.17) is 0 Å². The average Bonchev–Trinajstić information content (AvgIpc) is 2.69. The molecule has 1 aromatic heterocycles. The van der Waals surface area contributed by atoms with Crippen LogP contribution < -0.4 is 5.32 Å². The molecule has 0 saturated heterocycles. The van der Waals surface area contributed by atoms with E-state index in [1.54, 1.807) is 0 Å². The Hall–Kier alpha value is -1.29. The van der Waals surface area contributed by atoms with Gasteiger partial charge in [0.05, 0.1) is 6.10 Å². The lowest BCUT2D eigenvalue weighted by Crippen LogP contribution is -2.28. The predicted octanol–water partition coefficient (Wildman–Crippen LogP) is 2.41. The van der Waals surface area contributed by atoms with Crippen molar-refractivity contribution in [1.29, 1.82) is 0 Å². The third-order valence-corrected chi connectivity index (χ3v) is 3.90. The van der Waals surface area contributed by atoms with Crippen molar-refractivity contribution in [2.24, 2.45) is 5.92 Å². The number of nitrogens with zero attached hydrogens (tertiary/aromatic N) is 1. The largest absolute Gasteiger partial charge is 0.388 e. The molecular weight excluding hydrogens is 252 g/mol. The van der Waals surface area contributed by atoms with Gasteiger partial charge in [-0.1, -0.05) is 20.3 Å². The fraction of sp³-hybridized carbons (Fsp3) is 0.688. The minimum Gasteiger partial charge on any atom is -0.388 e. The number of rotatable bonds is 5. The molecule has 4 heteroatoms. The molecule has 2 N–H and O–H groups in total. The van der Waals surface area contributed by atoms with Gasteiger partial charge in [0.25, 0.3) is 0 Å². The molecule has 4 nitrogen and oxygen atoms in total. The van der Waals surface area contributed by atoms with Crippen molar-refractivity contribution in [1.82, 2.24) is 9.88 Å². The number of hydrogen-bond acceptors (Lipinski definition) is 2. The fourth-order valence-corrected chi connectivity index (χ4v) is 2.70. The smallest absolute Gasteiger partial charge is 0.239 e. The molecule has 0 bridgehead atoms. The molecule has 112 valence electrons. The number of amides is 1. The Balaban J connectivity index is 1.90. The number of carbonyl (C=O) groups is 1. The van der Waals surface area contributed by atoms with E-state index in [1.807, 2.05) is 17.0 Å². The Morgan fingerprint density at radius 2 is 2.25 bits per heavy atom. The molecule has 0 spiro atoms. The number of carbonyl (C=O) groups excluding carboxylic acids is 1. The second-order valence-electron chi connectivity index (χ2n) is 6.21. The highest BCUT2D eigenvalue weighted by atomic mass is 16.3. The van der Waals surface area contributed by atoms with E-state index in [1.165, 1.54) is 5.56 Å². The van der Waals surface area contributed by atoms with E-state index in [0.29, 0.717) is 12.5 Å². The highest BCUT2D eigenvalue weighted by molar-refractivity contribution is 5.75. The second kappa shape index (κ2) is 6.93. The Labute approximate surface area is 121 Å². The van der Waals surface area contributed by atoms with Crippen LogP contribution in [0, 0.1) is 5.92 Å². The van der Waals surface area contributed by atoms with Gasteiger partial charge in [0.15, 0.2) is 0 Å². The van der Waals surface area contributed by atoms with Gasteiger partial charge < -0.3 is 15.0 Å². The fourth-order valence-electron chi connectivity index (χ4n) is 2.70. The number of aliphatic hydroxyl groups is 1. The van der Waals surface area contributed by atoms with Gasteiger partial charge in [-0.15, -0.1) is 0 Å². The van der Waals surface area contributed by atoms with Crippen LogP contribution in [0.5, 0.6) is 0 Å². The van der Waals surface area contributed by atoms with Crippen LogP contribution in [0.15, 0.2) is 12.4 Å². The SMILES string of the molecule is CC(C)CCNC(=O)Cn1cc2c(c1)C(O)CCCC2. The van der Waals surface area contributed by atoms with E-state index >= 15 is 0 Å². The van der Waals surface area contributed by atoms with Gasteiger partial charge in [-0.25, -0.2) is 0 Å². The molecule has 1 aliphatic rings. The topological polar surface area (TPSA) is 54.3 Å². The van der Waals surface area contributed by atoms with E-state index in [2.05, 4.69) is 19.2 Å². The Kier molecular flexibility index (Phi) is 5.24. The Bertz CT molecular complexity index is 451. The molecule has 1 heterocycles. The van der Waals surface area contributed by atoms with Crippen LogP contribution in [0.2, 0.25) is 0 Å². The first-order chi connectivity index (χ1) is 9.56. The summed E-state index contributed by atoms with van der Waals surface area (Å²) in [6, 6.07) is 0. The van der Waals surface area contributed by atoms with Gasteiger partial charge in [0.2, 0.25) is 5.91 Å². The van der Waals surface area contributed by atoms with Gasteiger partial charge in [0, 0.05) is 24.5 Å². The molecule has 1 amide bonds. The standard InChI is InChI=1S/C16H26N2O2/c1-12(2)7-8-17-16(20)11-18-9-13-5-3-4-6-15(19)14(13)10-18/h9-10,12,15,19H,3-8,11H2,1-2H3,(H,17,20). The minimum absolute atomic E-state index is 0.0466. The molecule has 1 aliphatic carbocycles. The summed E-state index contributed by atoms with van der Waals surface area (Å²) in [5.41, 5.74) is 2.21. The Morgan fingerprint density at radius 1 is 1.45 bits per heavy atom. The molecule has 0 saturated carbocycles. The molecule has 1 unspecified atom stereocenters. The minimum atomic E-state index is -0.363. The summed E-state index contributed by atoms with van der Waals surface area (Å²) in [7, 11) is 0. The van der Waals surface area contributed by atoms with Crippen molar-refractivity contribution in [3.8, 4) is 0 Å². The van der Waals surface area contributed by atoms with Gasteiger partial charge in [-0.05, 0) is 37.2 Å². The van der Waals surface area contributed by atoms with Gasteiger partial charge in [-0.2, -0.15) is 0 Å². The van der Waals surface area contributed by atoms with Gasteiger partial charge in [-0.3, -0.25) is 4.79 Å². The van der Waals surface area contributed by atoms with E-state index in [9.17, 15) is 9.90 Å². The zero-order chi connectivity index (χ0) is 14.5. The van der Waals surface area contributed by atoms with Crippen molar-refractivity contribution in [2.75, 3.05) is 6.54 Å². The van der Waals surface area contributed by atoms with Crippen LogP contribution in [0.25, 0.3) is 0 Å². The van der Waals surface area contributed by atoms with Crippen LogP contribution in [0.1, 0.15) is 56.8 Å². The van der Waals surface area contributed by atoms with Crippen molar-refractivity contribution >= 4 is 5.91 Å². The van der Waals surface area contributed by atoms with Crippen LogP contribution in [0.3, 0.4) is 0 Å². The molecule has 0 aromatic carbocycles. The first-order valence-electron chi connectivity index (χ1n) is 7.69. The van der Waals surface area contributed by atoms with Crippen LogP contribution in [-0.2, 0) is 17.8 Å². The predicted molar refractivity (Wildman–Crippen MR) is 79.4 cm³/mol. The molecule has 20 heavy (non-hydrogen) atoms. The third kappa shape index (κ3) is 4.10. The van der Waals surface area contributed by atoms with Crippen molar-refractivity contribution < 1.29 is 9.90 Å². The zero-order valence-corrected chi connectivity index (χ0v) is 12.6. The third-order valence-electron chi connectivity index (χ3n) is 3.90. The summed E-state index contributed by atoms with van der Waals surface area (Å²) in [6.45, 7) is 5.38. The summed E-state index contributed by atoms with van der Waals surface area (Å²) in [5.74, 6) is 0.651. The van der Waals surface area contributed by atoms with E-state index in [-0.39, 0.29) is 12.0 Å². The average molecular weight is 278 g/mol. The van der Waals surface area contributed by atoms with Gasteiger partial charge >= 0.3 is 0 Å². The van der Waals surface area contributed by atoms with E-state index in [0.717, 1.165) is 44.2 Å². The second-order valence-corrected chi connectivity index (χ2v) is 6.21. The highest BCUT2D eigenvalue weighted by Gasteiger charge is 2.18. The molecule has 2 rings (SSSR count). The summed E-state index contributed by atoms with van der Waals surface area (Å²) >= 11 is 0. The van der Waals surface area contributed by atoms with Crippen LogP contribution >= 0.6 is 0 Å². The van der Waals surface area contributed by atoms with Crippen LogP contribution in [0.4, 0.5) is 0 Å². The van der Waals surface area contributed by atoms with Crippen molar-refractivity contribution in [3.63, 3.8) is 0 Å². The maximum absolute atomic E-state index is 11.9. The number of aryl methyl sites for hydroxylation is 1. The van der Waals surface area contributed by atoms with Gasteiger partial charge in [0.1, 0.15) is 6.54 Å². The molecule has 1 aromatic rings. The molecular formula is C16H26N2O2. The molecule has 1 atom stereocenters. The number of hydrogen-bond donors (Lipinski definition) is 2. The monoisotopic (exact) mass is 278 g/mol. The summed E-state index contributed by atoms with van der Waals surface area (Å²) in [4.78, 5) is 11.9.